The minimum absolute atomic E-state index is 0.0300. The Kier molecular flexibility index (Phi) is 7.01. The maximum atomic E-state index is 12.3. The third kappa shape index (κ3) is 5.55. The SMILES string of the molecule is O=C(O)C(F)(F)F.O=C1CNC(=O)N1[C@@H](Cc1ccccc1)c1nc2cc(I)ccc2[nH]1. The fraction of sp³-hybridized carbons (Fsp3) is 0.200. The van der Waals surface area contributed by atoms with Crippen molar-refractivity contribution in [3.05, 3.63) is 63.5 Å². The van der Waals surface area contributed by atoms with E-state index in [4.69, 9.17) is 9.90 Å². The second-order valence-corrected chi connectivity index (χ2v) is 7.96. The number of aromatic nitrogens is 2. The number of fused-ring (bicyclic) bond motifs is 1. The van der Waals surface area contributed by atoms with E-state index < -0.39 is 18.2 Å². The third-order valence-corrected chi connectivity index (χ3v) is 5.15. The van der Waals surface area contributed by atoms with Gasteiger partial charge in [0.15, 0.2) is 0 Å². The average molecular weight is 560 g/mol. The Morgan fingerprint density at radius 3 is 2.41 bits per heavy atom. The van der Waals surface area contributed by atoms with E-state index in [9.17, 15) is 22.8 Å². The highest BCUT2D eigenvalue weighted by Gasteiger charge is 2.38. The fourth-order valence-electron chi connectivity index (χ4n) is 3.05. The van der Waals surface area contributed by atoms with Crippen molar-refractivity contribution in [2.45, 2.75) is 18.6 Å². The Bertz CT molecular complexity index is 1130. The van der Waals surface area contributed by atoms with Crippen LogP contribution in [0.15, 0.2) is 48.5 Å². The number of nitrogens with one attached hydrogen (secondary N) is 2. The number of hydrogen-bond acceptors (Lipinski definition) is 4. The first-order chi connectivity index (χ1) is 15.1. The topological polar surface area (TPSA) is 115 Å². The first kappa shape index (κ1) is 23.5. The number of imide groups is 1. The largest absolute Gasteiger partial charge is 0.490 e. The summed E-state index contributed by atoms with van der Waals surface area (Å²) in [5, 5.41) is 9.72. The van der Waals surface area contributed by atoms with Crippen molar-refractivity contribution in [2.24, 2.45) is 0 Å². The quantitative estimate of drug-likeness (QED) is 0.333. The summed E-state index contributed by atoms with van der Waals surface area (Å²) >= 11 is 2.24. The predicted octanol–water partition coefficient (Wildman–Crippen LogP) is 3.64. The van der Waals surface area contributed by atoms with E-state index in [0.717, 1.165) is 20.2 Å². The normalized spacial score (nSPS) is 14.7. The number of halogens is 4. The number of rotatable bonds is 4. The zero-order chi connectivity index (χ0) is 23.5. The summed E-state index contributed by atoms with van der Waals surface area (Å²) < 4.78 is 32.8. The van der Waals surface area contributed by atoms with E-state index in [-0.39, 0.29) is 18.5 Å². The molecule has 0 spiro atoms. The molecule has 1 fully saturated rings. The lowest BCUT2D eigenvalue weighted by Crippen LogP contribution is -2.36. The van der Waals surface area contributed by atoms with E-state index in [1.807, 2.05) is 48.5 Å². The molecular formula is C20H16F3IN4O4. The molecule has 168 valence electrons. The molecule has 12 heteroatoms. The van der Waals surface area contributed by atoms with Crippen molar-refractivity contribution in [3.8, 4) is 0 Å². The lowest BCUT2D eigenvalue weighted by atomic mass is 10.0. The van der Waals surface area contributed by atoms with Crippen LogP contribution in [0.25, 0.3) is 11.0 Å². The Labute approximate surface area is 193 Å². The Balaban J connectivity index is 0.000000360. The Morgan fingerprint density at radius 1 is 1.19 bits per heavy atom. The van der Waals surface area contributed by atoms with Gasteiger partial charge in [0, 0.05) is 9.99 Å². The van der Waals surface area contributed by atoms with E-state index >= 15 is 0 Å². The van der Waals surface area contributed by atoms with Gasteiger partial charge in [0.2, 0.25) is 0 Å². The Morgan fingerprint density at radius 2 is 1.84 bits per heavy atom. The molecule has 0 unspecified atom stereocenters. The van der Waals surface area contributed by atoms with Crippen LogP contribution in [0, 0.1) is 3.57 Å². The minimum atomic E-state index is -5.08. The second kappa shape index (κ2) is 9.54. The van der Waals surface area contributed by atoms with Crippen LogP contribution in [0.1, 0.15) is 17.4 Å². The lowest BCUT2D eigenvalue weighted by Gasteiger charge is -2.23. The monoisotopic (exact) mass is 560 g/mol. The molecule has 3 N–H and O–H groups in total. The van der Waals surface area contributed by atoms with Gasteiger partial charge in [0.25, 0.3) is 5.91 Å². The maximum absolute atomic E-state index is 12.3. The zero-order valence-electron chi connectivity index (χ0n) is 16.2. The first-order valence-corrected chi connectivity index (χ1v) is 10.2. The van der Waals surface area contributed by atoms with Crippen molar-refractivity contribution in [1.82, 2.24) is 20.2 Å². The summed E-state index contributed by atoms with van der Waals surface area (Å²) in [6.07, 6.45) is -4.57. The molecule has 1 aliphatic rings. The van der Waals surface area contributed by atoms with Gasteiger partial charge in [-0.25, -0.2) is 14.6 Å². The van der Waals surface area contributed by atoms with Crippen LogP contribution in [0.4, 0.5) is 18.0 Å². The molecule has 2 heterocycles. The van der Waals surface area contributed by atoms with Gasteiger partial charge in [-0.1, -0.05) is 30.3 Å². The number of aliphatic carboxylic acids is 1. The predicted molar refractivity (Wildman–Crippen MR) is 116 cm³/mol. The molecule has 0 radical (unpaired) electrons. The molecule has 3 amide bonds. The van der Waals surface area contributed by atoms with Gasteiger partial charge < -0.3 is 15.4 Å². The Hall–Kier alpha value is -3.16. The lowest BCUT2D eigenvalue weighted by molar-refractivity contribution is -0.192. The summed E-state index contributed by atoms with van der Waals surface area (Å²) in [7, 11) is 0. The minimum Gasteiger partial charge on any atom is -0.475 e. The van der Waals surface area contributed by atoms with Gasteiger partial charge in [-0.05, 0) is 46.4 Å². The van der Waals surface area contributed by atoms with Crippen molar-refractivity contribution >= 4 is 51.5 Å². The van der Waals surface area contributed by atoms with Crippen molar-refractivity contribution in [1.29, 1.82) is 0 Å². The van der Waals surface area contributed by atoms with Crippen LogP contribution in [-0.2, 0) is 16.0 Å². The molecule has 32 heavy (non-hydrogen) atoms. The second-order valence-electron chi connectivity index (χ2n) is 6.71. The summed E-state index contributed by atoms with van der Waals surface area (Å²) in [4.78, 5) is 42.6. The molecule has 1 atom stereocenters. The number of benzene rings is 2. The van der Waals surface area contributed by atoms with E-state index in [1.54, 1.807) is 0 Å². The standard InChI is InChI=1S/C18H15IN4O2.C2HF3O2/c19-12-6-7-13-14(9-12)22-17(21-13)15(8-11-4-2-1-3-5-11)23-16(24)10-20-18(23)25;3-2(4,5)1(6)7/h1-7,9,15H,8,10H2,(H,20,25)(H,21,22);(H,6,7)/t15-;/m0./s1. The van der Waals surface area contributed by atoms with Gasteiger partial charge in [-0.3, -0.25) is 9.69 Å². The molecule has 4 rings (SSSR count). The highest BCUT2D eigenvalue weighted by Crippen LogP contribution is 2.27. The number of carboxylic acids is 1. The summed E-state index contributed by atoms with van der Waals surface area (Å²) in [6, 6.07) is 14.9. The van der Waals surface area contributed by atoms with Crippen LogP contribution >= 0.6 is 22.6 Å². The van der Waals surface area contributed by atoms with Crippen LogP contribution in [0.3, 0.4) is 0 Å². The number of imidazole rings is 1. The molecule has 2 aromatic carbocycles. The number of aromatic amines is 1. The number of hydrogen-bond donors (Lipinski definition) is 3. The zero-order valence-corrected chi connectivity index (χ0v) is 18.3. The number of amides is 3. The van der Waals surface area contributed by atoms with Gasteiger partial charge in [-0.2, -0.15) is 13.2 Å². The number of H-pyrrole nitrogens is 1. The molecule has 1 saturated heterocycles. The van der Waals surface area contributed by atoms with E-state index in [1.165, 1.54) is 4.90 Å². The van der Waals surface area contributed by atoms with Crippen LogP contribution in [0.5, 0.6) is 0 Å². The fourth-order valence-corrected chi connectivity index (χ4v) is 3.53. The van der Waals surface area contributed by atoms with Crippen LogP contribution < -0.4 is 5.32 Å². The highest BCUT2D eigenvalue weighted by atomic mass is 127. The number of carbonyl (C=O) groups excluding carboxylic acids is 2. The number of urea groups is 1. The summed E-state index contributed by atoms with van der Waals surface area (Å²) in [6.45, 7) is 0.0300. The number of carbonyl (C=O) groups is 3. The van der Waals surface area contributed by atoms with Crippen molar-refractivity contribution in [3.63, 3.8) is 0 Å². The maximum Gasteiger partial charge on any atom is 0.490 e. The van der Waals surface area contributed by atoms with Crippen molar-refractivity contribution < 1.29 is 32.7 Å². The smallest absolute Gasteiger partial charge is 0.475 e. The van der Waals surface area contributed by atoms with Crippen LogP contribution in [0.2, 0.25) is 0 Å². The molecule has 8 nitrogen and oxygen atoms in total. The summed E-state index contributed by atoms with van der Waals surface area (Å²) in [5.41, 5.74) is 2.75. The summed E-state index contributed by atoms with van der Waals surface area (Å²) in [5.74, 6) is -2.38. The molecule has 0 aliphatic carbocycles. The van der Waals surface area contributed by atoms with Gasteiger partial charge in [0.1, 0.15) is 11.9 Å². The van der Waals surface area contributed by atoms with Crippen LogP contribution in [-0.4, -0.2) is 50.6 Å². The van der Waals surface area contributed by atoms with Gasteiger partial charge in [0.05, 0.1) is 17.6 Å². The molecule has 0 saturated carbocycles. The molecule has 1 aromatic heterocycles. The van der Waals surface area contributed by atoms with E-state index in [2.05, 4.69) is 37.9 Å². The molecular weight excluding hydrogens is 544 g/mol. The third-order valence-electron chi connectivity index (χ3n) is 4.48. The average Bonchev–Trinajstić information content (AvgIpc) is 3.29. The van der Waals surface area contributed by atoms with Crippen molar-refractivity contribution in [2.75, 3.05) is 6.54 Å². The first-order valence-electron chi connectivity index (χ1n) is 9.15. The van der Waals surface area contributed by atoms with Gasteiger partial charge >= 0.3 is 18.2 Å². The van der Waals surface area contributed by atoms with Gasteiger partial charge in [-0.15, -0.1) is 0 Å². The molecule has 1 aliphatic heterocycles. The number of nitrogens with zero attached hydrogens (tertiary/aromatic N) is 2. The molecule has 0 bridgehead atoms. The number of alkyl halides is 3. The van der Waals surface area contributed by atoms with E-state index in [0.29, 0.717) is 12.2 Å². The highest BCUT2D eigenvalue weighted by molar-refractivity contribution is 14.1. The number of carboxylic acid groups (broad SMARTS) is 1. The molecule has 3 aromatic rings.